The van der Waals surface area contributed by atoms with Gasteiger partial charge in [0, 0.05) is 16.7 Å². The number of ether oxygens (including phenoxy) is 1. The summed E-state index contributed by atoms with van der Waals surface area (Å²) in [5, 5.41) is 19.5. The Bertz CT molecular complexity index is 820. The molecule has 3 rings (SSSR count). The maximum absolute atomic E-state index is 12.7. The van der Waals surface area contributed by atoms with E-state index in [0.29, 0.717) is 11.1 Å². The number of hydrogen-bond acceptors (Lipinski definition) is 5. The van der Waals surface area contributed by atoms with Crippen molar-refractivity contribution in [2.24, 2.45) is 0 Å². The van der Waals surface area contributed by atoms with Crippen molar-refractivity contribution in [2.45, 2.75) is 13.5 Å². The third-order valence-corrected chi connectivity index (χ3v) is 3.94. The topological polar surface area (TPSA) is 83.8 Å². The summed E-state index contributed by atoms with van der Waals surface area (Å²) in [7, 11) is 1.38. The van der Waals surface area contributed by atoms with E-state index in [1.54, 1.807) is 19.1 Å². The second kappa shape index (κ2) is 4.96. The molecular weight excluding hydrogens is 284 g/mol. The van der Waals surface area contributed by atoms with Crippen LogP contribution in [0.15, 0.2) is 24.3 Å². The average Bonchev–Trinajstić information content (AvgIpc) is 2.53. The predicted octanol–water partition coefficient (Wildman–Crippen LogP) is 1.98. The first-order chi connectivity index (χ1) is 10.5. The standard InChI is InChI=1S/C17H14O5/c1-8-3-5-10-12(14(8)19)15(20)11-6-4-9(7-18)17(22-2)13(11)16(10)21/h3-6,18-19H,7H2,1-2H3. The highest BCUT2D eigenvalue weighted by atomic mass is 16.5. The van der Waals surface area contributed by atoms with Gasteiger partial charge >= 0.3 is 0 Å². The van der Waals surface area contributed by atoms with Crippen molar-refractivity contribution in [2.75, 3.05) is 7.11 Å². The van der Waals surface area contributed by atoms with Crippen LogP contribution in [-0.4, -0.2) is 28.9 Å². The monoisotopic (exact) mass is 298 g/mol. The van der Waals surface area contributed by atoms with Crippen LogP contribution in [0.25, 0.3) is 0 Å². The second-order valence-corrected chi connectivity index (χ2v) is 5.15. The van der Waals surface area contributed by atoms with E-state index in [-0.39, 0.29) is 40.4 Å². The first kappa shape index (κ1) is 14.3. The largest absolute Gasteiger partial charge is 0.507 e. The Morgan fingerprint density at radius 1 is 1.00 bits per heavy atom. The quantitative estimate of drug-likeness (QED) is 0.755. The number of phenols is 1. The number of hydrogen-bond donors (Lipinski definition) is 2. The average molecular weight is 298 g/mol. The molecule has 0 saturated carbocycles. The molecule has 22 heavy (non-hydrogen) atoms. The molecule has 5 nitrogen and oxygen atoms in total. The molecule has 0 saturated heterocycles. The first-order valence-corrected chi connectivity index (χ1v) is 6.74. The normalized spacial score (nSPS) is 12.9. The van der Waals surface area contributed by atoms with E-state index < -0.39 is 11.6 Å². The number of aliphatic hydroxyl groups excluding tert-OH is 1. The number of aromatic hydroxyl groups is 1. The molecule has 5 heteroatoms. The molecule has 2 aromatic rings. The van der Waals surface area contributed by atoms with Crippen LogP contribution in [0.1, 0.15) is 43.0 Å². The molecule has 1 aliphatic rings. The lowest BCUT2D eigenvalue weighted by molar-refractivity contribution is 0.0973. The van der Waals surface area contributed by atoms with Gasteiger partial charge in [0.25, 0.3) is 0 Å². The maximum Gasteiger partial charge on any atom is 0.198 e. The molecule has 0 aliphatic heterocycles. The number of phenolic OH excluding ortho intramolecular Hbond substituents is 1. The van der Waals surface area contributed by atoms with Crippen LogP contribution in [0.5, 0.6) is 11.5 Å². The fraction of sp³-hybridized carbons (Fsp3) is 0.176. The van der Waals surface area contributed by atoms with E-state index in [4.69, 9.17) is 4.74 Å². The van der Waals surface area contributed by atoms with Crippen molar-refractivity contribution in [3.8, 4) is 11.5 Å². The summed E-state index contributed by atoms with van der Waals surface area (Å²) in [5.41, 5.74) is 1.44. The van der Waals surface area contributed by atoms with E-state index in [9.17, 15) is 19.8 Å². The molecular formula is C17H14O5. The van der Waals surface area contributed by atoms with Gasteiger partial charge in [0.2, 0.25) is 0 Å². The molecule has 112 valence electrons. The number of ketones is 2. The Kier molecular flexibility index (Phi) is 3.22. The lowest BCUT2D eigenvalue weighted by Crippen LogP contribution is -2.22. The molecule has 0 bridgehead atoms. The summed E-state index contributed by atoms with van der Waals surface area (Å²) >= 11 is 0. The van der Waals surface area contributed by atoms with Gasteiger partial charge in [-0.3, -0.25) is 9.59 Å². The fourth-order valence-electron chi connectivity index (χ4n) is 2.78. The Hall–Kier alpha value is -2.66. The van der Waals surface area contributed by atoms with E-state index in [2.05, 4.69) is 0 Å². The Balaban J connectivity index is 2.36. The molecule has 0 unspecified atom stereocenters. The minimum atomic E-state index is -0.423. The Morgan fingerprint density at radius 3 is 2.23 bits per heavy atom. The van der Waals surface area contributed by atoms with Crippen LogP contribution >= 0.6 is 0 Å². The summed E-state index contributed by atoms with van der Waals surface area (Å²) in [6.45, 7) is 1.36. The van der Waals surface area contributed by atoms with Crippen molar-refractivity contribution < 1.29 is 24.5 Å². The number of carbonyl (C=O) groups excluding carboxylic acids is 2. The highest BCUT2D eigenvalue weighted by molar-refractivity contribution is 6.30. The third kappa shape index (κ3) is 1.76. The highest BCUT2D eigenvalue weighted by Gasteiger charge is 2.35. The number of aryl methyl sites for hydroxylation is 1. The fourth-order valence-corrected chi connectivity index (χ4v) is 2.78. The highest BCUT2D eigenvalue weighted by Crippen LogP contribution is 2.39. The van der Waals surface area contributed by atoms with Crippen LogP contribution in [0.2, 0.25) is 0 Å². The number of aliphatic hydroxyl groups is 1. The summed E-state index contributed by atoms with van der Waals surface area (Å²) in [5.74, 6) is -0.795. The number of rotatable bonds is 2. The first-order valence-electron chi connectivity index (χ1n) is 6.74. The van der Waals surface area contributed by atoms with Crippen molar-refractivity contribution in [3.63, 3.8) is 0 Å². The smallest absolute Gasteiger partial charge is 0.198 e. The molecule has 0 spiro atoms. The van der Waals surface area contributed by atoms with Gasteiger partial charge < -0.3 is 14.9 Å². The van der Waals surface area contributed by atoms with Gasteiger partial charge in [0.1, 0.15) is 11.5 Å². The summed E-state index contributed by atoms with van der Waals surface area (Å²) < 4.78 is 5.23. The van der Waals surface area contributed by atoms with Crippen molar-refractivity contribution in [1.29, 1.82) is 0 Å². The van der Waals surface area contributed by atoms with Gasteiger partial charge in [-0.25, -0.2) is 0 Å². The Labute approximate surface area is 126 Å². The van der Waals surface area contributed by atoms with Gasteiger partial charge in [-0.2, -0.15) is 0 Å². The number of methoxy groups -OCH3 is 1. The van der Waals surface area contributed by atoms with Crippen molar-refractivity contribution in [3.05, 3.63) is 57.6 Å². The van der Waals surface area contributed by atoms with Crippen LogP contribution < -0.4 is 4.74 Å². The summed E-state index contributed by atoms with van der Waals surface area (Å²) in [6, 6.07) is 6.14. The van der Waals surface area contributed by atoms with Crippen LogP contribution in [0.3, 0.4) is 0 Å². The van der Waals surface area contributed by atoms with Gasteiger partial charge in [0.15, 0.2) is 11.6 Å². The number of carbonyl (C=O) groups is 2. The second-order valence-electron chi connectivity index (χ2n) is 5.15. The zero-order valence-electron chi connectivity index (χ0n) is 12.1. The molecule has 2 N–H and O–H groups in total. The van der Waals surface area contributed by atoms with Gasteiger partial charge in [-0.1, -0.05) is 12.1 Å². The van der Waals surface area contributed by atoms with Gasteiger partial charge in [-0.15, -0.1) is 0 Å². The molecule has 0 amide bonds. The van der Waals surface area contributed by atoms with Crippen molar-refractivity contribution >= 4 is 11.6 Å². The lowest BCUT2D eigenvalue weighted by atomic mass is 9.81. The third-order valence-electron chi connectivity index (χ3n) is 3.94. The zero-order valence-corrected chi connectivity index (χ0v) is 12.1. The minimum absolute atomic E-state index is 0.0244. The predicted molar refractivity (Wildman–Crippen MR) is 78.6 cm³/mol. The van der Waals surface area contributed by atoms with E-state index in [0.717, 1.165) is 0 Å². The minimum Gasteiger partial charge on any atom is -0.507 e. The van der Waals surface area contributed by atoms with E-state index >= 15 is 0 Å². The van der Waals surface area contributed by atoms with E-state index in [1.165, 1.54) is 19.2 Å². The molecule has 2 aromatic carbocycles. The van der Waals surface area contributed by atoms with Crippen LogP contribution in [0, 0.1) is 6.92 Å². The molecule has 1 aliphatic carbocycles. The molecule has 0 atom stereocenters. The molecule has 0 fully saturated rings. The SMILES string of the molecule is COc1c(CO)ccc2c1C(=O)c1ccc(C)c(O)c1C2=O. The summed E-state index contributed by atoms with van der Waals surface area (Å²) in [6.07, 6.45) is 0. The van der Waals surface area contributed by atoms with Gasteiger partial charge in [0.05, 0.1) is 24.8 Å². The summed E-state index contributed by atoms with van der Waals surface area (Å²) in [4.78, 5) is 25.4. The van der Waals surface area contributed by atoms with Crippen LogP contribution in [0.4, 0.5) is 0 Å². The van der Waals surface area contributed by atoms with Gasteiger partial charge in [-0.05, 0) is 24.6 Å². The maximum atomic E-state index is 12.7. The molecule has 0 heterocycles. The number of fused-ring (bicyclic) bond motifs is 2. The van der Waals surface area contributed by atoms with Crippen molar-refractivity contribution in [1.82, 2.24) is 0 Å². The van der Waals surface area contributed by atoms with Crippen LogP contribution in [-0.2, 0) is 6.61 Å². The lowest BCUT2D eigenvalue weighted by Gasteiger charge is -2.22. The Morgan fingerprint density at radius 2 is 1.59 bits per heavy atom. The zero-order chi connectivity index (χ0) is 16.0. The number of benzene rings is 2. The molecule has 0 aromatic heterocycles. The molecule has 0 radical (unpaired) electrons. The van der Waals surface area contributed by atoms with E-state index in [1.807, 2.05) is 0 Å².